The third-order valence-corrected chi connectivity index (χ3v) is 3.82. The first-order valence-corrected chi connectivity index (χ1v) is 5.86. The average molecular weight is 253 g/mol. The number of carbonyl (C=O) groups excluding carboxylic acids is 1. The van der Waals surface area contributed by atoms with Gasteiger partial charge in [-0.05, 0) is 43.5 Å². The molecule has 1 atom stereocenters. The van der Waals surface area contributed by atoms with Crippen molar-refractivity contribution in [1.82, 2.24) is 5.32 Å². The fraction of sp³-hybridized carbons (Fsp3) is 0.462. The highest BCUT2D eigenvalue weighted by Crippen LogP contribution is 2.43. The zero-order valence-corrected chi connectivity index (χ0v) is 10.7. The summed E-state index contributed by atoms with van der Waals surface area (Å²) in [5, 5.41) is 6.38. The molecule has 1 spiro atoms. The van der Waals surface area contributed by atoms with Gasteiger partial charge in [-0.3, -0.25) is 4.79 Å². The lowest BCUT2D eigenvalue weighted by Gasteiger charge is -2.33. The molecular formula is C13H17ClN2O. The summed E-state index contributed by atoms with van der Waals surface area (Å²) in [6.45, 7) is 3.89. The van der Waals surface area contributed by atoms with Gasteiger partial charge in [0.1, 0.15) is 0 Å². The third kappa shape index (κ3) is 1.65. The summed E-state index contributed by atoms with van der Waals surface area (Å²) in [5.74, 6) is 0.170. The topological polar surface area (TPSA) is 41.1 Å². The van der Waals surface area contributed by atoms with Crippen molar-refractivity contribution in [2.75, 3.05) is 18.4 Å². The summed E-state index contributed by atoms with van der Waals surface area (Å²) in [5.41, 5.74) is 3.14. The average Bonchev–Trinajstić information content (AvgIpc) is 2.55. The Balaban J connectivity index is 0.00000108. The van der Waals surface area contributed by atoms with Crippen molar-refractivity contribution in [2.24, 2.45) is 0 Å². The van der Waals surface area contributed by atoms with Crippen molar-refractivity contribution in [2.45, 2.75) is 25.2 Å². The minimum atomic E-state index is -0.307. The zero-order chi connectivity index (χ0) is 11.2. The van der Waals surface area contributed by atoms with Crippen molar-refractivity contribution in [3.8, 4) is 0 Å². The maximum atomic E-state index is 12.2. The van der Waals surface area contributed by atoms with E-state index in [4.69, 9.17) is 0 Å². The number of aryl methyl sites for hydroxylation is 1. The maximum Gasteiger partial charge on any atom is 0.236 e. The largest absolute Gasteiger partial charge is 0.325 e. The van der Waals surface area contributed by atoms with Gasteiger partial charge in [0.15, 0.2) is 0 Å². The molecule has 4 heteroatoms. The van der Waals surface area contributed by atoms with Crippen LogP contribution in [-0.4, -0.2) is 19.0 Å². The first-order chi connectivity index (χ1) is 7.74. The number of halogens is 1. The molecule has 92 valence electrons. The molecule has 1 fully saturated rings. The highest BCUT2D eigenvalue weighted by atomic mass is 35.5. The van der Waals surface area contributed by atoms with Crippen molar-refractivity contribution in [3.63, 3.8) is 0 Å². The smallest absolute Gasteiger partial charge is 0.236 e. The molecule has 1 amide bonds. The predicted molar refractivity (Wildman–Crippen MR) is 70.8 cm³/mol. The summed E-state index contributed by atoms with van der Waals surface area (Å²) in [4.78, 5) is 12.2. The molecule has 0 saturated carbocycles. The molecule has 2 aliphatic rings. The fourth-order valence-corrected chi connectivity index (χ4v) is 3.08. The van der Waals surface area contributed by atoms with E-state index in [9.17, 15) is 4.79 Å². The van der Waals surface area contributed by atoms with Crippen LogP contribution in [0.25, 0.3) is 0 Å². The van der Waals surface area contributed by atoms with Crippen LogP contribution in [0.3, 0.4) is 0 Å². The molecule has 1 aromatic carbocycles. The molecule has 0 bridgehead atoms. The van der Waals surface area contributed by atoms with E-state index in [-0.39, 0.29) is 23.7 Å². The number of amides is 1. The van der Waals surface area contributed by atoms with Crippen LogP contribution in [0.15, 0.2) is 18.2 Å². The lowest BCUT2D eigenvalue weighted by atomic mass is 9.74. The molecule has 1 saturated heterocycles. The van der Waals surface area contributed by atoms with E-state index in [1.54, 1.807) is 0 Å². The Bertz CT molecular complexity index is 453. The van der Waals surface area contributed by atoms with Gasteiger partial charge < -0.3 is 10.6 Å². The second-order valence-electron chi connectivity index (χ2n) is 4.81. The zero-order valence-electron chi connectivity index (χ0n) is 9.88. The monoisotopic (exact) mass is 252 g/mol. The molecule has 0 radical (unpaired) electrons. The van der Waals surface area contributed by atoms with Gasteiger partial charge in [-0.2, -0.15) is 0 Å². The fourth-order valence-electron chi connectivity index (χ4n) is 3.08. The number of benzene rings is 1. The van der Waals surface area contributed by atoms with Gasteiger partial charge in [0.2, 0.25) is 5.91 Å². The van der Waals surface area contributed by atoms with Gasteiger partial charge >= 0.3 is 0 Å². The first-order valence-electron chi connectivity index (χ1n) is 5.86. The van der Waals surface area contributed by atoms with Crippen molar-refractivity contribution in [1.29, 1.82) is 0 Å². The van der Waals surface area contributed by atoms with Crippen molar-refractivity contribution in [3.05, 3.63) is 29.3 Å². The SMILES string of the molecule is Cc1cccc2c1[C@]1(CCCNC1)C(=O)N2.Cl. The number of hydrogen-bond donors (Lipinski definition) is 2. The number of carbonyl (C=O) groups is 1. The molecule has 2 heterocycles. The van der Waals surface area contributed by atoms with E-state index < -0.39 is 0 Å². The quantitative estimate of drug-likeness (QED) is 0.742. The van der Waals surface area contributed by atoms with Crippen molar-refractivity contribution >= 4 is 24.0 Å². The van der Waals surface area contributed by atoms with E-state index in [1.165, 1.54) is 11.1 Å². The van der Waals surface area contributed by atoms with Gasteiger partial charge in [-0.25, -0.2) is 0 Å². The third-order valence-electron chi connectivity index (χ3n) is 3.82. The normalized spacial score (nSPS) is 26.3. The molecule has 17 heavy (non-hydrogen) atoms. The highest BCUT2D eigenvalue weighted by molar-refractivity contribution is 6.07. The minimum Gasteiger partial charge on any atom is -0.325 e. The second kappa shape index (κ2) is 4.31. The highest BCUT2D eigenvalue weighted by Gasteiger charge is 2.47. The lowest BCUT2D eigenvalue weighted by Crippen LogP contribution is -2.48. The Morgan fingerprint density at radius 1 is 1.35 bits per heavy atom. The molecular weight excluding hydrogens is 236 g/mol. The molecule has 0 unspecified atom stereocenters. The first kappa shape index (κ1) is 12.4. The van der Waals surface area contributed by atoms with Crippen LogP contribution in [0.1, 0.15) is 24.0 Å². The Kier molecular flexibility index (Phi) is 3.15. The molecule has 3 nitrogen and oxygen atoms in total. The summed E-state index contributed by atoms with van der Waals surface area (Å²) in [6.07, 6.45) is 2.03. The molecule has 2 N–H and O–H groups in total. The van der Waals surface area contributed by atoms with Gasteiger partial charge in [-0.15, -0.1) is 12.4 Å². The summed E-state index contributed by atoms with van der Waals surface area (Å²) in [6, 6.07) is 6.10. The van der Waals surface area contributed by atoms with Crippen LogP contribution >= 0.6 is 12.4 Å². The molecule has 2 aliphatic heterocycles. The number of fused-ring (bicyclic) bond motifs is 2. The summed E-state index contributed by atoms with van der Waals surface area (Å²) < 4.78 is 0. The lowest BCUT2D eigenvalue weighted by molar-refractivity contribution is -0.121. The standard InChI is InChI=1S/C13H16N2O.ClH/c1-9-4-2-5-10-11(9)13(12(16)15-10)6-3-7-14-8-13;/h2,4-5,14H,3,6-8H2,1H3,(H,15,16);1H/t13-;/m1./s1. The molecule has 1 aromatic rings. The Labute approximate surface area is 107 Å². The van der Waals surface area contributed by atoms with Crippen LogP contribution in [0.4, 0.5) is 5.69 Å². The van der Waals surface area contributed by atoms with E-state index in [0.29, 0.717) is 0 Å². The van der Waals surface area contributed by atoms with E-state index in [1.807, 2.05) is 12.1 Å². The minimum absolute atomic E-state index is 0. The maximum absolute atomic E-state index is 12.2. The van der Waals surface area contributed by atoms with E-state index in [2.05, 4.69) is 23.6 Å². The number of piperidine rings is 1. The van der Waals surface area contributed by atoms with Crippen LogP contribution in [0.5, 0.6) is 0 Å². The molecule has 3 rings (SSSR count). The van der Waals surface area contributed by atoms with Crippen LogP contribution in [0, 0.1) is 6.92 Å². The van der Waals surface area contributed by atoms with E-state index >= 15 is 0 Å². The number of anilines is 1. The van der Waals surface area contributed by atoms with Gasteiger partial charge in [0.25, 0.3) is 0 Å². The number of rotatable bonds is 0. The predicted octanol–water partition coefficient (Wildman–Crippen LogP) is 1.99. The molecule has 0 aliphatic carbocycles. The van der Waals surface area contributed by atoms with Crippen LogP contribution in [0.2, 0.25) is 0 Å². The summed E-state index contributed by atoms with van der Waals surface area (Å²) >= 11 is 0. The second-order valence-corrected chi connectivity index (χ2v) is 4.81. The van der Waals surface area contributed by atoms with Crippen LogP contribution in [-0.2, 0) is 10.2 Å². The van der Waals surface area contributed by atoms with Gasteiger partial charge in [0.05, 0.1) is 5.41 Å². The van der Waals surface area contributed by atoms with Crippen molar-refractivity contribution < 1.29 is 4.79 Å². The Hall–Kier alpha value is -1.06. The number of hydrogen-bond acceptors (Lipinski definition) is 2. The molecule has 0 aromatic heterocycles. The Morgan fingerprint density at radius 2 is 2.18 bits per heavy atom. The van der Waals surface area contributed by atoms with Gasteiger partial charge in [0, 0.05) is 12.2 Å². The van der Waals surface area contributed by atoms with Crippen LogP contribution < -0.4 is 10.6 Å². The van der Waals surface area contributed by atoms with Gasteiger partial charge in [-0.1, -0.05) is 12.1 Å². The number of nitrogens with one attached hydrogen (secondary N) is 2. The van der Waals surface area contributed by atoms with E-state index in [0.717, 1.165) is 31.6 Å². The Morgan fingerprint density at radius 3 is 2.88 bits per heavy atom. The summed E-state index contributed by atoms with van der Waals surface area (Å²) in [7, 11) is 0.